The zero-order valence-electron chi connectivity index (χ0n) is 23.2. The highest BCUT2D eigenvalue weighted by Crippen LogP contribution is 2.28. The highest BCUT2D eigenvalue weighted by Gasteiger charge is 2.20. The molecule has 4 aromatic rings. The molecule has 2 amide bonds. The SMILES string of the molecule is CSc1cc(C(=O)NCc2cc(-c3cccc(-c4cccc(C(=O)N5CCN(C)CC5)c4)c3)ccn2)ccc1C. The Bertz CT molecular complexity index is 1530. The Balaban J connectivity index is 1.30. The van der Waals surface area contributed by atoms with Crippen LogP contribution in [0, 0.1) is 6.92 Å². The van der Waals surface area contributed by atoms with Crippen molar-refractivity contribution >= 4 is 23.6 Å². The van der Waals surface area contributed by atoms with Gasteiger partial charge < -0.3 is 15.1 Å². The van der Waals surface area contributed by atoms with Crippen LogP contribution in [0.2, 0.25) is 0 Å². The number of nitrogens with zero attached hydrogens (tertiary/aromatic N) is 3. The predicted octanol–water partition coefficient (Wildman–Crippen LogP) is 5.76. The fourth-order valence-corrected chi connectivity index (χ4v) is 5.53. The topological polar surface area (TPSA) is 65.5 Å². The molecule has 6 nitrogen and oxygen atoms in total. The van der Waals surface area contributed by atoms with Gasteiger partial charge in [-0.05, 0) is 90.5 Å². The summed E-state index contributed by atoms with van der Waals surface area (Å²) in [5.41, 5.74) is 7.42. The first kappa shape index (κ1) is 27.6. The van der Waals surface area contributed by atoms with Gasteiger partial charge in [0.05, 0.1) is 12.2 Å². The third-order valence-electron chi connectivity index (χ3n) is 7.35. The number of hydrogen-bond acceptors (Lipinski definition) is 5. The quantitative estimate of drug-likeness (QED) is 0.296. The van der Waals surface area contributed by atoms with Crippen LogP contribution in [0.5, 0.6) is 0 Å². The first-order chi connectivity index (χ1) is 19.4. The van der Waals surface area contributed by atoms with E-state index in [-0.39, 0.29) is 11.8 Å². The summed E-state index contributed by atoms with van der Waals surface area (Å²) in [6.45, 7) is 5.69. The Morgan fingerprint density at radius 1 is 0.825 bits per heavy atom. The Labute approximate surface area is 240 Å². The van der Waals surface area contributed by atoms with Gasteiger partial charge in [0.1, 0.15) is 0 Å². The Hall–Kier alpha value is -3.94. The number of thioether (sulfide) groups is 1. The van der Waals surface area contributed by atoms with E-state index in [1.807, 2.05) is 78.7 Å². The summed E-state index contributed by atoms with van der Waals surface area (Å²) in [5.74, 6) is -0.0299. The summed E-state index contributed by atoms with van der Waals surface area (Å²) in [5, 5.41) is 3.00. The van der Waals surface area contributed by atoms with Crippen LogP contribution in [0.4, 0.5) is 0 Å². The molecule has 0 spiro atoms. The normalized spacial score (nSPS) is 13.7. The Morgan fingerprint density at radius 2 is 1.50 bits per heavy atom. The number of aromatic nitrogens is 1. The van der Waals surface area contributed by atoms with E-state index in [4.69, 9.17) is 0 Å². The zero-order valence-corrected chi connectivity index (χ0v) is 24.0. The molecule has 0 saturated carbocycles. The van der Waals surface area contributed by atoms with Crippen LogP contribution in [0.15, 0.2) is 90.0 Å². The minimum Gasteiger partial charge on any atom is -0.346 e. The lowest BCUT2D eigenvalue weighted by Gasteiger charge is -2.32. The van der Waals surface area contributed by atoms with Gasteiger partial charge in [0.25, 0.3) is 11.8 Å². The van der Waals surface area contributed by atoms with E-state index in [9.17, 15) is 9.59 Å². The summed E-state index contributed by atoms with van der Waals surface area (Å²) < 4.78 is 0. The molecular formula is C33H34N4O2S. The maximum Gasteiger partial charge on any atom is 0.253 e. The molecule has 1 aromatic heterocycles. The van der Waals surface area contributed by atoms with E-state index in [1.54, 1.807) is 18.0 Å². The average Bonchev–Trinajstić information content (AvgIpc) is 3.00. The molecule has 0 atom stereocenters. The van der Waals surface area contributed by atoms with Crippen LogP contribution >= 0.6 is 11.8 Å². The lowest BCUT2D eigenvalue weighted by atomic mass is 9.98. The number of hydrogen-bond donors (Lipinski definition) is 1. The molecule has 40 heavy (non-hydrogen) atoms. The van der Waals surface area contributed by atoms with Gasteiger partial charge in [0.15, 0.2) is 0 Å². The van der Waals surface area contributed by atoms with Crippen molar-refractivity contribution in [2.45, 2.75) is 18.4 Å². The number of pyridine rings is 1. The summed E-state index contributed by atoms with van der Waals surface area (Å²) in [6, 6.07) is 25.9. The van der Waals surface area contributed by atoms with Crippen molar-refractivity contribution in [3.05, 3.63) is 107 Å². The highest BCUT2D eigenvalue weighted by molar-refractivity contribution is 7.98. The van der Waals surface area contributed by atoms with E-state index in [2.05, 4.69) is 40.4 Å². The zero-order chi connectivity index (χ0) is 28.1. The molecule has 3 aromatic carbocycles. The van der Waals surface area contributed by atoms with Crippen LogP contribution in [0.1, 0.15) is 32.0 Å². The summed E-state index contributed by atoms with van der Waals surface area (Å²) in [6.07, 6.45) is 3.79. The molecule has 2 heterocycles. The van der Waals surface area contributed by atoms with Crippen molar-refractivity contribution in [3.8, 4) is 22.3 Å². The maximum absolute atomic E-state index is 13.1. The molecule has 0 aliphatic carbocycles. The van der Waals surface area contributed by atoms with E-state index >= 15 is 0 Å². The first-order valence-electron chi connectivity index (χ1n) is 13.5. The molecule has 1 aliphatic heterocycles. The molecule has 5 rings (SSSR count). The smallest absolute Gasteiger partial charge is 0.253 e. The standard InChI is InChI=1S/C33H34N4O2S/c1-23-10-11-28(21-31(23)40-3)32(38)35-22-30-20-27(12-13-34-30)25-7-4-6-24(18-25)26-8-5-9-29(19-26)33(39)37-16-14-36(2)15-17-37/h4-13,18-21H,14-17,22H2,1-3H3,(H,35,38). The fourth-order valence-electron chi connectivity index (χ4n) is 4.89. The third kappa shape index (κ3) is 6.43. The molecule has 1 aliphatic rings. The van der Waals surface area contributed by atoms with Crippen LogP contribution in [-0.4, -0.2) is 66.1 Å². The van der Waals surface area contributed by atoms with Crippen molar-refractivity contribution in [1.29, 1.82) is 0 Å². The van der Waals surface area contributed by atoms with Gasteiger partial charge in [-0.15, -0.1) is 11.8 Å². The summed E-state index contributed by atoms with van der Waals surface area (Å²) >= 11 is 1.64. The number of likely N-dealkylation sites (N-methyl/N-ethyl adjacent to an activating group) is 1. The van der Waals surface area contributed by atoms with Gasteiger partial charge in [-0.3, -0.25) is 14.6 Å². The number of piperazine rings is 1. The lowest BCUT2D eigenvalue weighted by Crippen LogP contribution is -2.47. The molecule has 0 radical (unpaired) electrons. The largest absolute Gasteiger partial charge is 0.346 e. The van der Waals surface area contributed by atoms with Crippen LogP contribution in [-0.2, 0) is 6.54 Å². The van der Waals surface area contributed by atoms with E-state index in [1.165, 1.54) is 0 Å². The fraction of sp³-hybridized carbons (Fsp3) is 0.242. The number of carbonyl (C=O) groups is 2. The van der Waals surface area contributed by atoms with Gasteiger partial charge in [-0.2, -0.15) is 0 Å². The van der Waals surface area contributed by atoms with Gasteiger partial charge in [0, 0.05) is 48.4 Å². The molecule has 204 valence electrons. The molecule has 0 unspecified atom stereocenters. The van der Waals surface area contributed by atoms with Crippen molar-refractivity contribution in [3.63, 3.8) is 0 Å². The minimum absolute atomic E-state index is 0.0854. The molecular weight excluding hydrogens is 516 g/mol. The second-order valence-corrected chi connectivity index (χ2v) is 11.0. The van der Waals surface area contributed by atoms with E-state index in [0.717, 1.165) is 64.6 Å². The monoisotopic (exact) mass is 550 g/mol. The second kappa shape index (κ2) is 12.5. The second-order valence-electron chi connectivity index (χ2n) is 10.2. The van der Waals surface area contributed by atoms with Gasteiger partial charge in [-0.1, -0.05) is 36.4 Å². The van der Waals surface area contributed by atoms with Crippen molar-refractivity contribution in [2.24, 2.45) is 0 Å². The molecule has 1 N–H and O–H groups in total. The van der Waals surface area contributed by atoms with E-state index < -0.39 is 0 Å². The maximum atomic E-state index is 13.1. The third-order valence-corrected chi connectivity index (χ3v) is 8.23. The Morgan fingerprint density at radius 3 is 2.23 bits per heavy atom. The van der Waals surface area contributed by atoms with Gasteiger partial charge in [0.2, 0.25) is 0 Å². The van der Waals surface area contributed by atoms with Gasteiger partial charge >= 0.3 is 0 Å². The highest BCUT2D eigenvalue weighted by atomic mass is 32.2. The molecule has 1 saturated heterocycles. The van der Waals surface area contributed by atoms with E-state index in [0.29, 0.717) is 17.7 Å². The van der Waals surface area contributed by atoms with Crippen molar-refractivity contribution < 1.29 is 9.59 Å². The number of carbonyl (C=O) groups excluding carboxylic acids is 2. The van der Waals surface area contributed by atoms with Gasteiger partial charge in [-0.25, -0.2) is 0 Å². The summed E-state index contributed by atoms with van der Waals surface area (Å²) in [4.78, 5) is 35.7. The van der Waals surface area contributed by atoms with Crippen LogP contribution < -0.4 is 5.32 Å². The minimum atomic E-state index is -0.115. The van der Waals surface area contributed by atoms with Crippen LogP contribution in [0.3, 0.4) is 0 Å². The van der Waals surface area contributed by atoms with Crippen LogP contribution in [0.25, 0.3) is 22.3 Å². The molecule has 1 fully saturated rings. The Kier molecular flexibility index (Phi) is 8.63. The molecule has 7 heteroatoms. The number of nitrogens with one attached hydrogen (secondary N) is 1. The number of aryl methyl sites for hydroxylation is 1. The molecule has 0 bridgehead atoms. The van der Waals surface area contributed by atoms with Crippen molar-refractivity contribution in [1.82, 2.24) is 20.1 Å². The average molecular weight is 551 g/mol. The lowest BCUT2D eigenvalue weighted by molar-refractivity contribution is 0.0664. The number of benzene rings is 3. The predicted molar refractivity (Wildman–Crippen MR) is 163 cm³/mol. The number of amides is 2. The summed E-state index contributed by atoms with van der Waals surface area (Å²) in [7, 11) is 2.09. The number of rotatable bonds is 7. The van der Waals surface area contributed by atoms with Crippen molar-refractivity contribution in [2.75, 3.05) is 39.5 Å². The first-order valence-corrected chi connectivity index (χ1v) is 14.7.